The average molecular weight is 236 g/mol. The maximum atomic E-state index is 9.42. The van der Waals surface area contributed by atoms with E-state index in [4.69, 9.17) is 5.73 Å². The van der Waals surface area contributed by atoms with Gasteiger partial charge in [0, 0.05) is 28.7 Å². The highest BCUT2D eigenvalue weighted by Crippen LogP contribution is 2.30. The summed E-state index contributed by atoms with van der Waals surface area (Å²) in [4.78, 5) is 1.18. The molecule has 0 fully saturated rings. The van der Waals surface area contributed by atoms with E-state index >= 15 is 0 Å². The highest BCUT2D eigenvalue weighted by Gasteiger charge is 2.08. The van der Waals surface area contributed by atoms with Crippen LogP contribution in [0.1, 0.15) is 6.92 Å². The van der Waals surface area contributed by atoms with E-state index < -0.39 is 0 Å². The average Bonchev–Trinajstić information content (AvgIpc) is 2.59. The molecule has 1 aromatic heterocycles. The minimum Gasteiger partial charge on any atom is -0.399 e. The Labute approximate surface area is 99.2 Å². The summed E-state index contributed by atoms with van der Waals surface area (Å²) in [6.45, 7) is 2.38. The van der Waals surface area contributed by atoms with E-state index in [1.165, 1.54) is 10.3 Å². The molecule has 0 bridgehead atoms. The van der Waals surface area contributed by atoms with Crippen LogP contribution in [0.15, 0.2) is 29.3 Å². The minimum absolute atomic E-state index is 0.352. The molecule has 0 amide bonds. The number of benzene rings is 1. The molecule has 2 rings (SSSR count). The maximum absolute atomic E-state index is 9.42. The zero-order valence-corrected chi connectivity index (χ0v) is 10.3. The highest BCUT2D eigenvalue weighted by molar-refractivity contribution is 7.98. The van der Waals surface area contributed by atoms with E-state index in [0.717, 1.165) is 11.2 Å². The van der Waals surface area contributed by atoms with Crippen molar-refractivity contribution < 1.29 is 5.11 Å². The van der Waals surface area contributed by atoms with Gasteiger partial charge in [-0.15, -0.1) is 11.8 Å². The summed E-state index contributed by atoms with van der Waals surface area (Å²) in [6.07, 6.45) is 3.69. The van der Waals surface area contributed by atoms with Crippen molar-refractivity contribution in [3.63, 3.8) is 0 Å². The van der Waals surface area contributed by atoms with Gasteiger partial charge in [-0.1, -0.05) is 0 Å². The Kier molecular flexibility index (Phi) is 3.12. The van der Waals surface area contributed by atoms with Crippen molar-refractivity contribution in [1.82, 2.24) is 4.57 Å². The SMILES string of the molecule is CSc1cc(N)cc2c1ccn2CC(C)O. The topological polar surface area (TPSA) is 51.2 Å². The van der Waals surface area contributed by atoms with Crippen LogP contribution in [0.2, 0.25) is 0 Å². The van der Waals surface area contributed by atoms with Gasteiger partial charge in [-0.3, -0.25) is 0 Å². The number of rotatable bonds is 3. The lowest BCUT2D eigenvalue weighted by molar-refractivity contribution is 0.175. The minimum atomic E-state index is -0.352. The Morgan fingerprint density at radius 1 is 1.50 bits per heavy atom. The number of nitrogens with two attached hydrogens (primary N) is 1. The number of fused-ring (bicyclic) bond motifs is 1. The van der Waals surface area contributed by atoms with Crippen molar-refractivity contribution in [2.45, 2.75) is 24.5 Å². The zero-order valence-electron chi connectivity index (χ0n) is 9.47. The molecule has 1 heterocycles. The largest absolute Gasteiger partial charge is 0.399 e. The summed E-state index contributed by atoms with van der Waals surface area (Å²) >= 11 is 1.69. The Morgan fingerprint density at radius 3 is 2.88 bits per heavy atom. The van der Waals surface area contributed by atoms with E-state index in [-0.39, 0.29) is 6.10 Å². The van der Waals surface area contributed by atoms with E-state index in [0.29, 0.717) is 6.54 Å². The van der Waals surface area contributed by atoms with Crippen LogP contribution >= 0.6 is 11.8 Å². The number of anilines is 1. The summed E-state index contributed by atoms with van der Waals surface area (Å²) in [6, 6.07) is 6.01. The number of aliphatic hydroxyl groups excluding tert-OH is 1. The van der Waals surface area contributed by atoms with Crippen molar-refractivity contribution in [3.05, 3.63) is 24.4 Å². The Morgan fingerprint density at radius 2 is 2.25 bits per heavy atom. The van der Waals surface area contributed by atoms with Crippen LogP contribution in [0.4, 0.5) is 5.69 Å². The summed E-state index contributed by atoms with van der Waals surface area (Å²) in [5.41, 5.74) is 7.72. The third-order valence-corrected chi connectivity index (χ3v) is 3.33. The van der Waals surface area contributed by atoms with Crippen molar-refractivity contribution in [2.24, 2.45) is 0 Å². The quantitative estimate of drug-likeness (QED) is 0.635. The van der Waals surface area contributed by atoms with Crippen LogP contribution in [-0.2, 0) is 6.54 Å². The standard InChI is InChI=1S/C12H16N2OS/c1-8(15)7-14-4-3-10-11(14)5-9(13)6-12(10)16-2/h3-6,8,15H,7,13H2,1-2H3. The molecule has 86 valence electrons. The first-order valence-corrected chi connectivity index (χ1v) is 6.44. The van der Waals surface area contributed by atoms with Crippen molar-refractivity contribution in [3.8, 4) is 0 Å². The molecule has 1 unspecified atom stereocenters. The molecule has 0 aliphatic heterocycles. The number of aromatic nitrogens is 1. The van der Waals surface area contributed by atoms with E-state index in [2.05, 4.69) is 6.07 Å². The fraction of sp³-hybridized carbons (Fsp3) is 0.333. The first kappa shape index (κ1) is 11.4. The second-order valence-corrected chi connectivity index (χ2v) is 4.82. The smallest absolute Gasteiger partial charge is 0.0691 e. The Hall–Kier alpha value is -1.13. The molecule has 0 aliphatic carbocycles. The van der Waals surface area contributed by atoms with Crippen LogP contribution in [0, 0.1) is 0 Å². The van der Waals surface area contributed by atoms with Crippen LogP contribution in [0.25, 0.3) is 10.9 Å². The van der Waals surface area contributed by atoms with E-state index in [1.807, 2.05) is 29.2 Å². The molecule has 0 spiro atoms. The number of hydrogen-bond acceptors (Lipinski definition) is 3. The van der Waals surface area contributed by atoms with Gasteiger partial charge < -0.3 is 15.4 Å². The van der Waals surface area contributed by atoms with Gasteiger partial charge in [0.1, 0.15) is 0 Å². The van der Waals surface area contributed by atoms with Gasteiger partial charge in [-0.25, -0.2) is 0 Å². The molecule has 2 aromatic rings. The van der Waals surface area contributed by atoms with Crippen LogP contribution in [0.3, 0.4) is 0 Å². The van der Waals surface area contributed by atoms with Crippen molar-refractivity contribution in [2.75, 3.05) is 12.0 Å². The normalized spacial score (nSPS) is 13.2. The van der Waals surface area contributed by atoms with Crippen LogP contribution in [-0.4, -0.2) is 22.0 Å². The van der Waals surface area contributed by atoms with Gasteiger partial charge in [0.05, 0.1) is 11.6 Å². The summed E-state index contributed by atoms with van der Waals surface area (Å²) in [5, 5.41) is 10.6. The molecule has 16 heavy (non-hydrogen) atoms. The monoisotopic (exact) mass is 236 g/mol. The highest BCUT2D eigenvalue weighted by atomic mass is 32.2. The lowest BCUT2D eigenvalue weighted by Gasteiger charge is -2.09. The van der Waals surface area contributed by atoms with Crippen LogP contribution in [0.5, 0.6) is 0 Å². The summed E-state index contributed by atoms with van der Waals surface area (Å²) in [5.74, 6) is 0. The fourth-order valence-corrected chi connectivity index (χ4v) is 2.54. The molecular formula is C12H16N2OS. The summed E-state index contributed by atoms with van der Waals surface area (Å²) in [7, 11) is 0. The summed E-state index contributed by atoms with van der Waals surface area (Å²) < 4.78 is 2.04. The molecule has 0 aliphatic rings. The van der Waals surface area contributed by atoms with E-state index in [9.17, 15) is 5.11 Å². The second-order valence-electron chi connectivity index (χ2n) is 3.97. The second kappa shape index (κ2) is 4.39. The maximum Gasteiger partial charge on any atom is 0.0691 e. The first-order valence-electron chi connectivity index (χ1n) is 5.22. The molecule has 1 atom stereocenters. The zero-order chi connectivity index (χ0) is 11.7. The number of nitrogens with zero attached hydrogens (tertiary/aromatic N) is 1. The Balaban J connectivity index is 2.58. The van der Waals surface area contributed by atoms with Crippen LogP contribution < -0.4 is 5.73 Å². The predicted molar refractivity (Wildman–Crippen MR) is 69.8 cm³/mol. The number of nitrogen functional groups attached to an aromatic ring is 1. The predicted octanol–water partition coefficient (Wildman–Crippen LogP) is 2.33. The first-order chi connectivity index (χ1) is 7.61. The lowest BCUT2D eigenvalue weighted by Crippen LogP contribution is -2.10. The number of thioether (sulfide) groups is 1. The fourth-order valence-electron chi connectivity index (χ4n) is 1.90. The molecule has 4 heteroatoms. The third kappa shape index (κ3) is 2.03. The molecule has 0 saturated heterocycles. The molecular weight excluding hydrogens is 220 g/mol. The van der Waals surface area contributed by atoms with Gasteiger partial charge in [-0.2, -0.15) is 0 Å². The molecule has 0 radical (unpaired) electrons. The molecule has 0 saturated carbocycles. The molecule has 3 N–H and O–H groups in total. The molecule has 1 aromatic carbocycles. The van der Waals surface area contributed by atoms with Gasteiger partial charge >= 0.3 is 0 Å². The van der Waals surface area contributed by atoms with E-state index in [1.54, 1.807) is 18.7 Å². The van der Waals surface area contributed by atoms with Gasteiger partial charge in [-0.05, 0) is 31.4 Å². The molecule has 3 nitrogen and oxygen atoms in total. The van der Waals surface area contributed by atoms with Crippen molar-refractivity contribution in [1.29, 1.82) is 0 Å². The van der Waals surface area contributed by atoms with Gasteiger partial charge in [0.15, 0.2) is 0 Å². The lowest BCUT2D eigenvalue weighted by atomic mass is 10.2. The van der Waals surface area contributed by atoms with Crippen molar-refractivity contribution >= 4 is 28.4 Å². The van der Waals surface area contributed by atoms with Gasteiger partial charge in [0.25, 0.3) is 0 Å². The Bertz CT molecular complexity index is 505. The van der Waals surface area contributed by atoms with Gasteiger partial charge in [0.2, 0.25) is 0 Å². The number of aliphatic hydroxyl groups is 1. The third-order valence-electron chi connectivity index (χ3n) is 2.55. The number of hydrogen-bond donors (Lipinski definition) is 2.